The Kier molecular flexibility index (Phi) is 8.52. The molecule has 110 valence electrons. The Morgan fingerprint density at radius 1 is 1.00 bits per heavy atom. The van der Waals surface area contributed by atoms with Crippen LogP contribution in [-0.4, -0.2) is 16.6 Å². The quantitative estimate of drug-likeness (QED) is 0.342. The summed E-state index contributed by atoms with van der Waals surface area (Å²) in [5.41, 5.74) is 0.389. The van der Waals surface area contributed by atoms with E-state index < -0.39 is 0 Å². The second kappa shape index (κ2) is 10.3. The zero-order valence-corrected chi connectivity index (χ0v) is 12.4. The van der Waals surface area contributed by atoms with Crippen LogP contribution in [0.25, 0.3) is 0 Å². The van der Waals surface area contributed by atoms with Crippen LogP contribution in [0.5, 0.6) is 0 Å². The summed E-state index contributed by atoms with van der Waals surface area (Å²) in [7, 11) is 0. The number of hydrogen-bond acceptors (Lipinski definition) is 3. The molecule has 3 nitrogen and oxygen atoms in total. The van der Waals surface area contributed by atoms with Gasteiger partial charge in [0.05, 0.1) is 6.42 Å². The molecule has 0 radical (unpaired) electrons. The highest BCUT2D eigenvalue weighted by atomic mass is 16.1. The molecule has 0 atom stereocenters. The largest absolute Gasteiger partial charge is 0.299 e. The normalized spacial score (nSPS) is 10.4. The first kappa shape index (κ1) is 16.5. The Bertz CT molecular complexity index is 401. The molecule has 0 N–H and O–H groups in total. The van der Waals surface area contributed by atoms with Crippen molar-refractivity contribution >= 4 is 11.6 Å². The highest BCUT2D eigenvalue weighted by Crippen LogP contribution is 2.10. The molecule has 0 aliphatic rings. The van der Waals surface area contributed by atoms with Crippen molar-refractivity contribution in [1.82, 2.24) is 4.98 Å². The summed E-state index contributed by atoms with van der Waals surface area (Å²) >= 11 is 0. The topological polar surface area (TPSA) is 47.0 Å². The number of nitrogens with zero attached hydrogens (tertiary/aromatic N) is 1. The maximum absolute atomic E-state index is 11.8. The van der Waals surface area contributed by atoms with E-state index in [2.05, 4.69) is 11.9 Å². The minimum atomic E-state index is -0.168. The van der Waals surface area contributed by atoms with Gasteiger partial charge >= 0.3 is 0 Å². The molecule has 20 heavy (non-hydrogen) atoms. The van der Waals surface area contributed by atoms with Gasteiger partial charge in [0.25, 0.3) is 0 Å². The smallest absolute Gasteiger partial charge is 0.188 e. The summed E-state index contributed by atoms with van der Waals surface area (Å²) in [5.74, 6) is -0.132. The number of carbonyl (C=O) groups is 2. The predicted molar refractivity (Wildman–Crippen MR) is 80.8 cm³/mol. The lowest BCUT2D eigenvalue weighted by molar-refractivity contribution is -0.118. The summed E-state index contributed by atoms with van der Waals surface area (Å²) < 4.78 is 0. The molecule has 1 heterocycles. The molecule has 0 aliphatic heterocycles. The molecule has 0 aromatic carbocycles. The zero-order valence-electron chi connectivity index (χ0n) is 12.4. The van der Waals surface area contributed by atoms with Gasteiger partial charge in [-0.05, 0) is 18.6 Å². The van der Waals surface area contributed by atoms with E-state index in [4.69, 9.17) is 0 Å². The van der Waals surface area contributed by atoms with Crippen LogP contribution in [0.15, 0.2) is 24.4 Å². The summed E-state index contributed by atoms with van der Waals surface area (Å²) in [4.78, 5) is 27.5. The predicted octanol–water partition coefficient (Wildman–Crippen LogP) is 4.36. The fraction of sp³-hybridized carbons (Fsp3) is 0.588. The summed E-state index contributed by atoms with van der Waals surface area (Å²) in [5, 5.41) is 0. The number of ketones is 2. The molecule has 1 aromatic heterocycles. The van der Waals surface area contributed by atoms with E-state index in [1.54, 1.807) is 24.4 Å². The summed E-state index contributed by atoms with van der Waals surface area (Å²) in [6.45, 7) is 2.21. The molecule has 0 saturated heterocycles. The molecule has 1 rings (SSSR count). The van der Waals surface area contributed by atoms with Gasteiger partial charge in [-0.2, -0.15) is 0 Å². The second-order valence-corrected chi connectivity index (χ2v) is 5.22. The van der Waals surface area contributed by atoms with Gasteiger partial charge in [-0.3, -0.25) is 14.6 Å². The van der Waals surface area contributed by atoms with Crippen LogP contribution >= 0.6 is 0 Å². The zero-order chi connectivity index (χ0) is 14.6. The maximum atomic E-state index is 11.8. The van der Waals surface area contributed by atoms with Crippen LogP contribution in [0, 0.1) is 0 Å². The van der Waals surface area contributed by atoms with Crippen molar-refractivity contribution in [2.45, 2.75) is 64.7 Å². The second-order valence-electron chi connectivity index (χ2n) is 5.22. The van der Waals surface area contributed by atoms with Crippen molar-refractivity contribution in [1.29, 1.82) is 0 Å². The van der Waals surface area contributed by atoms with Crippen LogP contribution < -0.4 is 0 Å². The molecule has 1 aromatic rings. The van der Waals surface area contributed by atoms with Gasteiger partial charge in [-0.1, -0.05) is 51.5 Å². The Balaban J connectivity index is 2.10. The Hall–Kier alpha value is -1.51. The molecule has 0 fully saturated rings. The van der Waals surface area contributed by atoms with Crippen LogP contribution in [0.4, 0.5) is 0 Å². The standard InChI is InChI=1S/C17H25NO2/c1-2-3-4-5-6-7-8-11-15(19)14-17(20)16-12-9-10-13-18-16/h9-10,12-13H,2-8,11,14H2,1H3. The highest BCUT2D eigenvalue weighted by molar-refractivity contribution is 6.06. The fourth-order valence-electron chi connectivity index (χ4n) is 2.17. The van der Waals surface area contributed by atoms with E-state index in [1.165, 1.54) is 32.1 Å². The molecular formula is C17H25NO2. The maximum Gasteiger partial charge on any atom is 0.188 e. The molecular weight excluding hydrogens is 250 g/mol. The van der Waals surface area contributed by atoms with Crippen LogP contribution in [0.1, 0.15) is 75.2 Å². The third-order valence-corrected chi connectivity index (χ3v) is 3.37. The van der Waals surface area contributed by atoms with Gasteiger partial charge in [0.1, 0.15) is 11.5 Å². The number of hydrogen-bond donors (Lipinski definition) is 0. The van der Waals surface area contributed by atoms with Crippen LogP contribution in [-0.2, 0) is 4.79 Å². The molecule has 0 unspecified atom stereocenters. The molecule has 3 heteroatoms. The van der Waals surface area contributed by atoms with Gasteiger partial charge in [-0.25, -0.2) is 0 Å². The summed E-state index contributed by atoms with van der Waals surface area (Å²) in [6.07, 6.45) is 10.4. The number of Topliss-reactive ketones (excluding diaryl/α,β-unsaturated/α-hetero) is 2. The third-order valence-electron chi connectivity index (χ3n) is 3.37. The lowest BCUT2D eigenvalue weighted by Crippen LogP contribution is -2.09. The number of pyridine rings is 1. The van der Waals surface area contributed by atoms with Crippen LogP contribution in [0.3, 0.4) is 0 Å². The fourth-order valence-corrected chi connectivity index (χ4v) is 2.17. The van der Waals surface area contributed by atoms with Crippen molar-refractivity contribution in [3.63, 3.8) is 0 Å². The number of rotatable bonds is 11. The minimum absolute atomic E-state index is 0.00710. The Labute approximate surface area is 121 Å². The first-order valence-corrected chi connectivity index (χ1v) is 7.70. The van der Waals surface area contributed by atoms with Crippen molar-refractivity contribution in [3.8, 4) is 0 Å². The molecule has 0 amide bonds. The van der Waals surface area contributed by atoms with E-state index in [-0.39, 0.29) is 18.0 Å². The monoisotopic (exact) mass is 275 g/mol. The number of carbonyl (C=O) groups excluding carboxylic acids is 2. The van der Waals surface area contributed by atoms with Gasteiger partial charge in [0.2, 0.25) is 0 Å². The lowest BCUT2D eigenvalue weighted by atomic mass is 10.0. The van der Waals surface area contributed by atoms with E-state index in [1.807, 2.05) is 0 Å². The molecule has 0 saturated carbocycles. The Morgan fingerprint density at radius 2 is 1.70 bits per heavy atom. The molecule has 0 bridgehead atoms. The Morgan fingerprint density at radius 3 is 2.35 bits per heavy atom. The van der Waals surface area contributed by atoms with Gasteiger partial charge < -0.3 is 0 Å². The summed E-state index contributed by atoms with van der Waals surface area (Å²) in [6, 6.07) is 5.18. The lowest BCUT2D eigenvalue weighted by Gasteiger charge is -2.02. The van der Waals surface area contributed by atoms with Crippen LogP contribution in [0.2, 0.25) is 0 Å². The molecule has 0 aliphatic carbocycles. The van der Waals surface area contributed by atoms with E-state index >= 15 is 0 Å². The number of unbranched alkanes of at least 4 members (excludes halogenated alkanes) is 6. The first-order valence-electron chi connectivity index (χ1n) is 7.70. The third kappa shape index (κ3) is 7.17. The van der Waals surface area contributed by atoms with E-state index in [0.717, 1.165) is 12.8 Å². The van der Waals surface area contributed by atoms with Crippen molar-refractivity contribution in [3.05, 3.63) is 30.1 Å². The van der Waals surface area contributed by atoms with Gasteiger partial charge in [0.15, 0.2) is 5.78 Å². The van der Waals surface area contributed by atoms with Crippen molar-refractivity contribution in [2.24, 2.45) is 0 Å². The van der Waals surface area contributed by atoms with Gasteiger partial charge in [0, 0.05) is 12.6 Å². The van der Waals surface area contributed by atoms with E-state index in [9.17, 15) is 9.59 Å². The van der Waals surface area contributed by atoms with E-state index in [0.29, 0.717) is 12.1 Å². The highest BCUT2D eigenvalue weighted by Gasteiger charge is 2.12. The van der Waals surface area contributed by atoms with Crippen molar-refractivity contribution < 1.29 is 9.59 Å². The average Bonchev–Trinajstić information content (AvgIpc) is 2.47. The minimum Gasteiger partial charge on any atom is -0.299 e. The number of aromatic nitrogens is 1. The first-order chi connectivity index (χ1) is 9.74. The SMILES string of the molecule is CCCCCCCCCC(=O)CC(=O)c1ccccn1. The molecule has 0 spiro atoms. The average molecular weight is 275 g/mol. The van der Waals surface area contributed by atoms with Crippen molar-refractivity contribution in [2.75, 3.05) is 0 Å². The van der Waals surface area contributed by atoms with Gasteiger partial charge in [-0.15, -0.1) is 0 Å².